The van der Waals surface area contributed by atoms with Crippen LogP contribution in [0.1, 0.15) is 41.0 Å². The lowest BCUT2D eigenvalue weighted by atomic mass is 10.1. The van der Waals surface area contributed by atoms with Crippen LogP contribution in [0, 0.1) is 0 Å². The second kappa shape index (κ2) is 7.43. The topological polar surface area (TPSA) is 50.2 Å². The Morgan fingerprint density at radius 3 is 2.50 bits per heavy atom. The van der Waals surface area contributed by atoms with Crippen LogP contribution in [0.5, 0.6) is 0 Å². The fourth-order valence-corrected chi connectivity index (χ4v) is 2.11. The first-order valence-corrected chi connectivity index (χ1v) is 7.44. The molecule has 0 unspecified atom stereocenters. The van der Waals surface area contributed by atoms with Gasteiger partial charge in [-0.2, -0.15) is 0 Å². The Labute approximate surface area is 122 Å². The predicted octanol–water partition coefficient (Wildman–Crippen LogP) is 2.14. The van der Waals surface area contributed by atoms with Crippen molar-refractivity contribution in [3.05, 3.63) is 22.7 Å². The molecular weight excluding hydrogens is 252 g/mol. The molecule has 0 bridgehead atoms. The molecule has 114 valence electrons. The first-order valence-electron chi connectivity index (χ1n) is 7.44. The molecule has 0 aromatic carbocycles. The summed E-state index contributed by atoms with van der Waals surface area (Å²) in [4.78, 5) is 18.8. The maximum atomic E-state index is 12.3. The van der Waals surface area contributed by atoms with Crippen molar-refractivity contribution in [2.24, 2.45) is 0 Å². The van der Waals surface area contributed by atoms with E-state index < -0.39 is 0 Å². The van der Waals surface area contributed by atoms with E-state index in [1.54, 1.807) is 17.0 Å². The Morgan fingerprint density at radius 1 is 1.30 bits per heavy atom. The first-order chi connectivity index (χ1) is 9.40. The van der Waals surface area contributed by atoms with E-state index in [-0.39, 0.29) is 11.1 Å². The largest absolute Gasteiger partial charge is 0.365 e. The molecule has 1 heterocycles. The lowest BCUT2D eigenvalue weighted by molar-refractivity contribution is 0.303. The molecule has 5 heteroatoms. The molecule has 0 radical (unpaired) electrons. The molecule has 1 aromatic rings. The molecule has 1 N–H and O–H groups in total. The molecule has 1 rings (SSSR count). The van der Waals surface area contributed by atoms with Gasteiger partial charge in [0.1, 0.15) is 0 Å². The zero-order valence-electron chi connectivity index (χ0n) is 13.4. The van der Waals surface area contributed by atoms with E-state index in [1.807, 2.05) is 20.8 Å². The van der Waals surface area contributed by atoms with Crippen LogP contribution < -0.4 is 10.9 Å². The average Bonchev–Trinajstić information content (AvgIpc) is 2.39. The molecule has 0 atom stereocenters. The van der Waals surface area contributed by atoms with E-state index in [9.17, 15) is 4.79 Å². The number of nitrogens with one attached hydrogen (secondary N) is 1. The van der Waals surface area contributed by atoms with E-state index in [2.05, 4.69) is 29.0 Å². The SMILES string of the molecule is CCN(CC)CCCNc1nccn(C(C)(C)C)c1=O. The van der Waals surface area contributed by atoms with Crippen LogP contribution in [-0.2, 0) is 5.54 Å². The smallest absolute Gasteiger partial charge is 0.293 e. The molecular formula is C15H28N4O. The zero-order valence-corrected chi connectivity index (χ0v) is 13.4. The second-order valence-corrected chi connectivity index (χ2v) is 5.93. The Bertz CT molecular complexity index is 458. The van der Waals surface area contributed by atoms with Gasteiger partial charge in [0.05, 0.1) is 0 Å². The van der Waals surface area contributed by atoms with Gasteiger partial charge in [-0.3, -0.25) is 4.79 Å². The monoisotopic (exact) mass is 280 g/mol. The number of anilines is 1. The van der Waals surface area contributed by atoms with Crippen molar-refractivity contribution in [2.75, 3.05) is 31.5 Å². The van der Waals surface area contributed by atoms with Gasteiger partial charge in [-0.05, 0) is 46.8 Å². The average molecular weight is 280 g/mol. The molecule has 0 saturated carbocycles. The number of hydrogen-bond donors (Lipinski definition) is 1. The van der Waals surface area contributed by atoms with Crippen molar-refractivity contribution in [2.45, 2.75) is 46.6 Å². The maximum Gasteiger partial charge on any atom is 0.293 e. The van der Waals surface area contributed by atoms with E-state index in [0.717, 1.165) is 32.6 Å². The van der Waals surface area contributed by atoms with Crippen molar-refractivity contribution in [3.63, 3.8) is 0 Å². The third-order valence-corrected chi connectivity index (χ3v) is 3.40. The molecule has 0 aliphatic heterocycles. The van der Waals surface area contributed by atoms with Gasteiger partial charge in [-0.15, -0.1) is 0 Å². The summed E-state index contributed by atoms with van der Waals surface area (Å²) in [5, 5.41) is 3.16. The van der Waals surface area contributed by atoms with E-state index >= 15 is 0 Å². The van der Waals surface area contributed by atoms with Gasteiger partial charge >= 0.3 is 0 Å². The van der Waals surface area contributed by atoms with Crippen molar-refractivity contribution in [1.29, 1.82) is 0 Å². The summed E-state index contributed by atoms with van der Waals surface area (Å²) in [7, 11) is 0. The Balaban J connectivity index is 2.60. The van der Waals surface area contributed by atoms with Gasteiger partial charge < -0.3 is 14.8 Å². The highest BCUT2D eigenvalue weighted by molar-refractivity contribution is 5.30. The number of rotatable bonds is 7. The Hall–Kier alpha value is -1.36. The number of aromatic nitrogens is 2. The molecule has 0 saturated heterocycles. The molecule has 1 aromatic heterocycles. The fourth-order valence-electron chi connectivity index (χ4n) is 2.11. The standard InChI is InChI=1S/C15H28N4O/c1-6-18(7-2)11-8-9-16-13-14(20)19(12-10-17-13)15(3,4)5/h10,12H,6-9,11H2,1-5H3,(H,16,17). The van der Waals surface area contributed by atoms with Crippen LogP contribution in [0.2, 0.25) is 0 Å². The van der Waals surface area contributed by atoms with E-state index in [0.29, 0.717) is 5.82 Å². The van der Waals surface area contributed by atoms with Crippen molar-refractivity contribution in [1.82, 2.24) is 14.5 Å². The maximum absolute atomic E-state index is 12.3. The fraction of sp³-hybridized carbons (Fsp3) is 0.733. The van der Waals surface area contributed by atoms with Crippen LogP contribution in [0.4, 0.5) is 5.82 Å². The summed E-state index contributed by atoms with van der Waals surface area (Å²) in [6.07, 6.45) is 4.43. The van der Waals surface area contributed by atoms with Crippen LogP contribution in [0.25, 0.3) is 0 Å². The molecule has 0 fully saturated rings. The third kappa shape index (κ3) is 4.63. The molecule has 0 spiro atoms. The number of nitrogens with zero attached hydrogens (tertiary/aromatic N) is 3. The Kier molecular flexibility index (Phi) is 6.20. The van der Waals surface area contributed by atoms with Gasteiger partial charge in [0, 0.05) is 24.5 Å². The van der Waals surface area contributed by atoms with Crippen molar-refractivity contribution >= 4 is 5.82 Å². The molecule has 0 amide bonds. The normalized spacial score (nSPS) is 11.9. The predicted molar refractivity (Wildman–Crippen MR) is 84.4 cm³/mol. The minimum Gasteiger partial charge on any atom is -0.365 e. The van der Waals surface area contributed by atoms with Crippen LogP contribution in [0.15, 0.2) is 17.2 Å². The van der Waals surface area contributed by atoms with Crippen molar-refractivity contribution < 1.29 is 0 Å². The summed E-state index contributed by atoms with van der Waals surface area (Å²) >= 11 is 0. The van der Waals surface area contributed by atoms with Crippen LogP contribution >= 0.6 is 0 Å². The summed E-state index contributed by atoms with van der Waals surface area (Å²) in [6.45, 7) is 14.3. The zero-order chi connectivity index (χ0) is 15.2. The summed E-state index contributed by atoms with van der Waals surface area (Å²) in [5.41, 5.74) is -0.277. The highest BCUT2D eigenvalue weighted by Gasteiger charge is 2.16. The highest BCUT2D eigenvalue weighted by atomic mass is 16.1. The van der Waals surface area contributed by atoms with E-state index in [1.165, 1.54) is 0 Å². The van der Waals surface area contributed by atoms with Crippen LogP contribution in [-0.4, -0.2) is 40.6 Å². The molecule has 20 heavy (non-hydrogen) atoms. The summed E-state index contributed by atoms with van der Waals surface area (Å²) in [5.74, 6) is 0.446. The van der Waals surface area contributed by atoms with Gasteiger partial charge in [0.15, 0.2) is 5.82 Å². The summed E-state index contributed by atoms with van der Waals surface area (Å²) < 4.78 is 1.72. The van der Waals surface area contributed by atoms with Gasteiger partial charge in [0.25, 0.3) is 5.56 Å². The lowest BCUT2D eigenvalue weighted by Crippen LogP contribution is -2.35. The number of hydrogen-bond acceptors (Lipinski definition) is 4. The van der Waals surface area contributed by atoms with Crippen molar-refractivity contribution in [3.8, 4) is 0 Å². The molecule has 0 aliphatic carbocycles. The van der Waals surface area contributed by atoms with E-state index in [4.69, 9.17) is 0 Å². The summed E-state index contributed by atoms with van der Waals surface area (Å²) in [6, 6.07) is 0. The van der Waals surface area contributed by atoms with Gasteiger partial charge in [0.2, 0.25) is 0 Å². The lowest BCUT2D eigenvalue weighted by Gasteiger charge is -2.22. The highest BCUT2D eigenvalue weighted by Crippen LogP contribution is 2.10. The van der Waals surface area contributed by atoms with Gasteiger partial charge in [-0.1, -0.05) is 13.8 Å². The van der Waals surface area contributed by atoms with Gasteiger partial charge in [-0.25, -0.2) is 4.98 Å². The quantitative estimate of drug-likeness (QED) is 0.778. The first kappa shape index (κ1) is 16.7. The second-order valence-electron chi connectivity index (χ2n) is 5.93. The Morgan fingerprint density at radius 2 is 1.95 bits per heavy atom. The minimum atomic E-state index is -0.225. The van der Waals surface area contributed by atoms with Crippen LogP contribution in [0.3, 0.4) is 0 Å². The molecule has 0 aliphatic rings. The molecule has 5 nitrogen and oxygen atoms in total. The minimum absolute atomic E-state index is 0.0529. The third-order valence-electron chi connectivity index (χ3n) is 3.40.